The van der Waals surface area contributed by atoms with Gasteiger partial charge >= 0.3 is 11.9 Å². The molecule has 0 aromatic carbocycles. The van der Waals surface area contributed by atoms with Crippen molar-refractivity contribution in [3.05, 3.63) is 12.2 Å². The molecule has 0 aromatic heterocycles. The van der Waals surface area contributed by atoms with E-state index < -0.39 is 11.9 Å². The zero-order valence-corrected chi connectivity index (χ0v) is 7.18. The average Bonchev–Trinajstić information content (AvgIpc) is 2.17. The maximum Gasteiger partial charge on any atom is 0.360 e. The SMILES string of the molecule is COC(=O)/C=C/C(=N\O)C(=O)OC. The van der Waals surface area contributed by atoms with Gasteiger partial charge in [-0.25, -0.2) is 9.59 Å². The molecule has 0 bridgehead atoms. The van der Waals surface area contributed by atoms with Crippen LogP contribution in [-0.2, 0) is 19.1 Å². The van der Waals surface area contributed by atoms with Crippen LogP contribution in [0.3, 0.4) is 0 Å². The zero-order chi connectivity index (χ0) is 10.3. The Morgan fingerprint density at radius 3 is 2.23 bits per heavy atom. The van der Waals surface area contributed by atoms with Crippen LogP contribution < -0.4 is 0 Å². The number of rotatable bonds is 3. The largest absolute Gasteiger partial charge is 0.466 e. The van der Waals surface area contributed by atoms with Gasteiger partial charge in [0.1, 0.15) is 0 Å². The number of carbonyl (C=O) groups excluding carboxylic acids is 2. The smallest absolute Gasteiger partial charge is 0.360 e. The number of methoxy groups -OCH3 is 2. The van der Waals surface area contributed by atoms with Crippen molar-refractivity contribution in [2.45, 2.75) is 0 Å². The van der Waals surface area contributed by atoms with E-state index in [1.165, 1.54) is 7.11 Å². The molecular weight excluding hydrogens is 178 g/mol. The fourth-order valence-electron chi connectivity index (χ4n) is 0.462. The van der Waals surface area contributed by atoms with E-state index in [-0.39, 0.29) is 5.71 Å². The first kappa shape index (κ1) is 11.2. The minimum Gasteiger partial charge on any atom is -0.466 e. The molecule has 0 fully saturated rings. The molecule has 0 saturated heterocycles. The summed E-state index contributed by atoms with van der Waals surface area (Å²) in [5.41, 5.74) is -0.382. The molecule has 0 spiro atoms. The van der Waals surface area contributed by atoms with Crippen molar-refractivity contribution >= 4 is 17.7 Å². The Morgan fingerprint density at radius 1 is 1.23 bits per heavy atom. The lowest BCUT2D eigenvalue weighted by atomic mass is 10.3. The van der Waals surface area contributed by atoms with E-state index in [1.807, 2.05) is 0 Å². The van der Waals surface area contributed by atoms with Crippen molar-refractivity contribution in [3.8, 4) is 0 Å². The summed E-state index contributed by atoms with van der Waals surface area (Å²) in [4.78, 5) is 21.3. The second-order valence-electron chi connectivity index (χ2n) is 1.83. The number of hydrogen-bond donors (Lipinski definition) is 1. The molecule has 0 aliphatic rings. The minimum absolute atomic E-state index is 0.382. The van der Waals surface area contributed by atoms with Crippen LogP contribution in [0, 0.1) is 0 Å². The van der Waals surface area contributed by atoms with Gasteiger partial charge in [-0.1, -0.05) is 5.16 Å². The number of carbonyl (C=O) groups is 2. The molecule has 0 radical (unpaired) electrons. The van der Waals surface area contributed by atoms with Gasteiger partial charge in [0.25, 0.3) is 0 Å². The second-order valence-corrected chi connectivity index (χ2v) is 1.83. The lowest BCUT2D eigenvalue weighted by Crippen LogP contribution is -2.13. The fraction of sp³-hybridized carbons (Fsp3) is 0.286. The first-order valence-electron chi connectivity index (χ1n) is 3.22. The Labute approximate surface area is 74.4 Å². The predicted octanol–water partition coefficient (Wildman–Crippen LogP) is -0.281. The van der Waals surface area contributed by atoms with Gasteiger partial charge in [-0.15, -0.1) is 0 Å². The van der Waals surface area contributed by atoms with E-state index in [4.69, 9.17) is 5.21 Å². The summed E-state index contributed by atoms with van der Waals surface area (Å²) in [6.07, 6.45) is 1.92. The van der Waals surface area contributed by atoms with Gasteiger partial charge in [0.15, 0.2) is 5.71 Å². The Hall–Kier alpha value is -1.85. The molecule has 72 valence electrons. The fourth-order valence-corrected chi connectivity index (χ4v) is 0.462. The van der Waals surface area contributed by atoms with Crippen LogP contribution in [0.4, 0.5) is 0 Å². The van der Waals surface area contributed by atoms with Crippen LogP contribution in [0.5, 0.6) is 0 Å². The average molecular weight is 187 g/mol. The van der Waals surface area contributed by atoms with E-state index in [1.54, 1.807) is 0 Å². The summed E-state index contributed by atoms with van der Waals surface area (Å²) in [5, 5.41) is 10.9. The molecule has 0 aliphatic carbocycles. The van der Waals surface area contributed by atoms with Crippen LogP contribution in [0.15, 0.2) is 17.3 Å². The lowest BCUT2D eigenvalue weighted by Gasteiger charge is -1.94. The predicted molar refractivity (Wildman–Crippen MR) is 42.4 cm³/mol. The Kier molecular flexibility index (Phi) is 4.94. The monoisotopic (exact) mass is 187 g/mol. The molecule has 0 rings (SSSR count). The number of oxime groups is 1. The maximum atomic E-state index is 10.7. The third kappa shape index (κ3) is 3.90. The van der Waals surface area contributed by atoms with Crippen molar-refractivity contribution in [2.75, 3.05) is 14.2 Å². The van der Waals surface area contributed by atoms with Crippen LogP contribution >= 0.6 is 0 Å². The van der Waals surface area contributed by atoms with Crippen molar-refractivity contribution in [2.24, 2.45) is 5.16 Å². The highest BCUT2D eigenvalue weighted by molar-refractivity contribution is 6.41. The summed E-state index contributed by atoms with van der Waals surface area (Å²) in [6.45, 7) is 0. The minimum atomic E-state index is -0.845. The van der Waals surface area contributed by atoms with Crippen molar-refractivity contribution in [1.82, 2.24) is 0 Å². The molecule has 13 heavy (non-hydrogen) atoms. The van der Waals surface area contributed by atoms with Gasteiger partial charge in [0, 0.05) is 6.08 Å². The van der Waals surface area contributed by atoms with Crippen LogP contribution in [0.25, 0.3) is 0 Å². The van der Waals surface area contributed by atoms with E-state index in [0.717, 1.165) is 19.3 Å². The van der Waals surface area contributed by atoms with Crippen molar-refractivity contribution in [3.63, 3.8) is 0 Å². The highest BCUT2D eigenvalue weighted by Crippen LogP contribution is 1.87. The summed E-state index contributed by atoms with van der Waals surface area (Å²) in [5.74, 6) is -1.51. The van der Waals surface area contributed by atoms with E-state index in [0.29, 0.717) is 0 Å². The molecule has 0 aromatic rings. The molecule has 0 aliphatic heterocycles. The van der Waals surface area contributed by atoms with E-state index in [9.17, 15) is 9.59 Å². The third-order valence-corrected chi connectivity index (χ3v) is 1.08. The van der Waals surface area contributed by atoms with Crippen LogP contribution in [-0.4, -0.2) is 37.1 Å². The molecule has 0 heterocycles. The van der Waals surface area contributed by atoms with E-state index in [2.05, 4.69) is 14.6 Å². The van der Waals surface area contributed by atoms with Crippen LogP contribution in [0.1, 0.15) is 0 Å². The van der Waals surface area contributed by atoms with Gasteiger partial charge < -0.3 is 14.7 Å². The summed E-state index contributed by atoms with van der Waals surface area (Å²) in [7, 11) is 2.31. The first-order chi connectivity index (χ1) is 6.15. The van der Waals surface area contributed by atoms with Gasteiger partial charge in [-0.3, -0.25) is 0 Å². The van der Waals surface area contributed by atoms with Gasteiger partial charge in [-0.2, -0.15) is 0 Å². The number of hydrogen-bond acceptors (Lipinski definition) is 6. The Morgan fingerprint density at radius 2 is 1.85 bits per heavy atom. The highest BCUT2D eigenvalue weighted by atomic mass is 16.5. The van der Waals surface area contributed by atoms with Gasteiger partial charge in [-0.05, 0) is 6.08 Å². The molecule has 0 atom stereocenters. The topological polar surface area (TPSA) is 85.2 Å². The first-order valence-corrected chi connectivity index (χ1v) is 3.22. The molecular formula is C7H9NO5. The van der Waals surface area contributed by atoms with E-state index >= 15 is 0 Å². The molecule has 0 amide bonds. The van der Waals surface area contributed by atoms with Crippen molar-refractivity contribution in [1.29, 1.82) is 0 Å². The van der Waals surface area contributed by atoms with Crippen LogP contribution in [0.2, 0.25) is 0 Å². The normalized spacial score (nSPS) is 11.4. The summed E-state index contributed by atoms with van der Waals surface area (Å²) < 4.78 is 8.48. The maximum absolute atomic E-state index is 10.7. The molecule has 0 unspecified atom stereocenters. The van der Waals surface area contributed by atoms with Gasteiger partial charge in [0.05, 0.1) is 14.2 Å². The Bertz CT molecular complexity index is 256. The second kappa shape index (κ2) is 5.76. The number of nitrogens with zero attached hydrogens (tertiary/aromatic N) is 1. The molecule has 6 heteroatoms. The van der Waals surface area contributed by atoms with Gasteiger partial charge in [0.2, 0.25) is 0 Å². The van der Waals surface area contributed by atoms with Crippen molar-refractivity contribution < 1.29 is 24.3 Å². The third-order valence-electron chi connectivity index (χ3n) is 1.08. The lowest BCUT2D eigenvalue weighted by molar-refractivity contribution is -0.134. The zero-order valence-electron chi connectivity index (χ0n) is 7.18. The summed E-state index contributed by atoms with van der Waals surface area (Å²) >= 11 is 0. The Balaban J connectivity index is 4.39. The highest BCUT2D eigenvalue weighted by Gasteiger charge is 2.08. The molecule has 1 N–H and O–H groups in total. The molecule has 6 nitrogen and oxygen atoms in total. The standard InChI is InChI=1S/C7H9NO5/c1-12-6(9)4-3-5(8-11)7(10)13-2/h3-4,11H,1-2H3/b4-3+,8-5+. The number of esters is 2. The number of ether oxygens (including phenoxy) is 2. The summed E-state index contributed by atoms with van der Waals surface area (Å²) in [6, 6.07) is 0. The quantitative estimate of drug-likeness (QED) is 0.216. The molecule has 0 saturated carbocycles.